The van der Waals surface area contributed by atoms with Gasteiger partial charge in [-0.15, -0.1) is 18.2 Å². The summed E-state index contributed by atoms with van der Waals surface area (Å²) < 4.78 is 1.98. The normalized spacial score (nSPS) is 23.4. The molecule has 2 aromatic carbocycles. The molecule has 2 atom stereocenters. The van der Waals surface area contributed by atoms with Crippen LogP contribution in [0, 0.1) is 0 Å². The van der Waals surface area contributed by atoms with Gasteiger partial charge >= 0.3 is 0 Å². The lowest BCUT2D eigenvalue weighted by Gasteiger charge is -2.34. The Bertz CT molecular complexity index is 1140. The number of hydrogen-bond donors (Lipinski definition) is 1. The van der Waals surface area contributed by atoms with E-state index in [0.29, 0.717) is 34.8 Å². The van der Waals surface area contributed by atoms with Gasteiger partial charge in [0, 0.05) is 23.0 Å². The number of aliphatic hydroxyl groups is 1. The molecular weight excluding hydrogens is 348 g/mol. The summed E-state index contributed by atoms with van der Waals surface area (Å²) in [6.07, 6.45) is 1.77. The summed E-state index contributed by atoms with van der Waals surface area (Å²) in [4.78, 5) is 17.9. The van der Waals surface area contributed by atoms with Crippen LogP contribution < -0.4 is 0 Å². The number of carbonyl (C=O) groups excluding carboxylic acids is 1. The van der Waals surface area contributed by atoms with Crippen molar-refractivity contribution in [2.45, 2.75) is 17.5 Å². The molecule has 5 heteroatoms. The van der Waals surface area contributed by atoms with E-state index in [2.05, 4.69) is 11.6 Å². The number of ketones is 1. The molecule has 26 heavy (non-hydrogen) atoms. The monoisotopic (exact) mass is 362 g/mol. The Hall–Kier alpha value is -2.69. The summed E-state index contributed by atoms with van der Waals surface area (Å²) in [6, 6.07) is 15.0. The van der Waals surface area contributed by atoms with E-state index in [1.54, 1.807) is 12.1 Å². The van der Waals surface area contributed by atoms with Crippen LogP contribution in [0.4, 0.5) is 5.69 Å². The molecule has 0 amide bonds. The second kappa shape index (κ2) is 5.16. The number of alkyl halides is 1. The summed E-state index contributed by atoms with van der Waals surface area (Å²) in [5.74, 6) is -0.279. The van der Waals surface area contributed by atoms with Gasteiger partial charge in [-0.2, -0.15) is 0 Å². The predicted molar refractivity (Wildman–Crippen MR) is 103 cm³/mol. The van der Waals surface area contributed by atoms with Crippen molar-refractivity contribution in [3.8, 4) is 0 Å². The van der Waals surface area contributed by atoms with E-state index < -0.39 is 11.0 Å². The van der Waals surface area contributed by atoms with Gasteiger partial charge in [-0.05, 0) is 12.1 Å². The SMILES string of the molecule is C=CCn1c2c(c3ccccc31)C(=O)[C@@H](Cl)[C@@]1(O)C2=Nc2ccccc21. The average Bonchev–Trinajstić information content (AvgIpc) is 3.14. The first-order valence-corrected chi connectivity index (χ1v) is 8.84. The third-order valence-electron chi connectivity index (χ3n) is 5.26. The number of hydrogen-bond acceptors (Lipinski definition) is 3. The predicted octanol–water partition coefficient (Wildman–Crippen LogP) is 3.95. The summed E-state index contributed by atoms with van der Waals surface area (Å²) in [5, 5.41) is 11.2. The van der Waals surface area contributed by atoms with E-state index in [9.17, 15) is 9.90 Å². The maximum Gasteiger partial charge on any atom is 0.187 e. The second-order valence-corrected chi connectivity index (χ2v) is 7.05. The van der Waals surface area contributed by atoms with Crippen LogP contribution in [0.3, 0.4) is 0 Å². The number of benzene rings is 2. The quantitative estimate of drug-likeness (QED) is 0.554. The highest BCUT2D eigenvalue weighted by Crippen LogP contribution is 2.50. The van der Waals surface area contributed by atoms with Crippen molar-refractivity contribution in [3.63, 3.8) is 0 Å². The van der Waals surface area contributed by atoms with E-state index in [4.69, 9.17) is 11.6 Å². The maximum absolute atomic E-state index is 13.2. The van der Waals surface area contributed by atoms with Gasteiger partial charge in [-0.25, -0.2) is 4.99 Å². The molecule has 4 nitrogen and oxygen atoms in total. The highest BCUT2D eigenvalue weighted by Gasteiger charge is 2.56. The van der Waals surface area contributed by atoms with Gasteiger partial charge in [0.05, 0.1) is 16.9 Å². The smallest absolute Gasteiger partial charge is 0.187 e. The molecule has 0 saturated carbocycles. The molecule has 3 aromatic rings. The van der Waals surface area contributed by atoms with Crippen LogP contribution in [0.2, 0.25) is 0 Å². The second-order valence-electron chi connectivity index (χ2n) is 6.61. The van der Waals surface area contributed by atoms with Crippen LogP contribution in [0.25, 0.3) is 10.9 Å². The van der Waals surface area contributed by atoms with Crippen molar-refractivity contribution in [2.75, 3.05) is 0 Å². The Morgan fingerprint density at radius 1 is 1.23 bits per heavy atom. The minimum atomic E-state index is -1.63. The molecule has 1 aliphatic heterocycles. The minimum Gasteiger partial charge on any atom is -0.377 e. The number of allylic oxidation sites excluding steroid dienone is 1. The van der Waals surface area contributed by atoms with Gasteiger partial charge in [-0.3, -0.25) is 4.79 Å². The van der Waals surface area contributed by atoms with E-state index in [1.165, 1.54) is 0 Å². The van der Waals surface area contributed by atoms with Crippen molar-refractivity contribution in [2.24, 2.45) is 4.99 Å². The van der Waals surface area contributed by atoms with Crippen molar-refractivity contribution >= 4 is 39.7 Å². The third-order valence-corrected chi connectivity index (χ3v) is 5.77. The van der Waals surface area contributed by atoms with E-state index in [1.807, 2.05) is 47.0 Å². The number of aromatic nitrogens is 1. The molecule has 0 spiro atoms. The Morgan fingerprint density at radius 3 is 2.77 bits per heavy atom. The maximum atomic E-state index is 13.2. The summed E-state index contributed by atoms with van der Waals surface area (Å²) in [5.41, 5.74) is 2.08. The number of fused-ring (bicyclic) bond motifs is 7. The van der Waals surface area contributed by atoms with Crippen molar-refractivity contribution < 1.29 is 9.90 Å². The first-order valence-electron chi connectivity index (χ1n) is 8.41. The summed E-state index contributed by atoms with van der Waals surface area (Å²) in [6.45, 7) is 4.33. The Morgan fingerprint density at radius 2 is 1.96 bits per heavy atom. The van der Waals surface area contributed by atoms with Crippen LogP contribution >= 0.6 is 11.6 Å². The molecule has 128 valence electrons. The van der Waals surface area contributed by atoms with Crippen molar-refractivity contribution in [1.82, 2.24) is 4.57 Å². The van der Waals surface area contributed by atoms with E-state index in [0.717, 1.165) is 10.9 Å². The number of rotatable bonds is 2. The molecule has 0 fully saturated rings. The molecule has 5 rings (SSSR count). The molecular formula is C21H15ClN2O2. The van der Waals surface area contributed by atoms with E-state index >= 15 is 0 Å². The molecule has 1 aliphatic carbocycles. The fourth-order valence-electron chi connectivity index (χ4n) is 4.15. The number of aliphatic imine (C=N–C) groups is 1. The Labute approximate surface area is 155 Å². The zero-order valence-electron chi connectivity index (χ0n) is 13.8. The van der Waals surface area contributed by atoms with Gasteiger partial charge in [0.15, 0.2) is 11.4 Å². The summed E-state index contributed by atoms with van der Waals surface area (Å²) in [7, 11) is 0. The number of para-hydroxylation sites is 2. The van der Waals surface area contributed by atoms with E-state index in [-0.39, 0.29) is 5.78 Å². The van der Waals surface area contributed by atoms with Crippen LogP contribution in [-0.4, -0.2) is 26.5 Å². The number of carbonyl (C=O) groups is 1. The molecule has 2 heterocycles. The van der Waals surface area contributed by atoms with Crippen LogP contribution in [0.1, 0.15) is 21.6 Å². The number of halogens is 1. The number of Topliss-reactive ketones (excluding diaryl/α,β-unsaturated/α-hetero) is 1. The highest BCUT2D eigenvalue weighted by molar-refractivity contribution is 6.43. The van der Waals surface area contributed by atoms with Crippen molar-refractivity contribution in [1.29, 1.82) is 0 Å². The first kappa shape index (κ1) is 15.6. The summed E-state index contributed by atoms with van der Waals surface area (Å²) >= 11 is 6.54. The molecule has 1 aromatic heterocycles. The van der Waals surface area contributed by atoms with Crippen LogP contribution in [-0.2, 0) is 12.1 Å². The van der Waals surface area contributed by atoms with Gasteiger partial charge in [0.2, 0.25) is 0 Å². The standard InChI is InChI=1S/C21H15ClN2O2/c1-2-11-24-15-10-6-3-7-12(15)16-17(24)20-21(26,19(22)18(16)25)13-8-4-5-9-14(13)23-20/h2-10,19,26H,1,11H2/t19-,21-/m1/s1. The third kappa shape index (κ3) is 1.68. The first-order chi connectivity index (χ1) is 12.6. The van der Waals surface area contributed by atoms with Gasteiger partial charge in [0.1, 0.15) is 11.1 Å². The highest BCUT2D eigenvalue weighted by atomic mass is 35.5. The van der Waals surface area contributed by atoms with Gasteiger partial charge in [0.25, 0.3) is 0 Å². The lowest BCUT2D eigenvalue weighted by atomic mass is 9.77. The van der Waals surface area contributed by atoms with Gasteiger partial charge < -0.3 is 9.67 Å². The molecule has 2 aliphatic rings. The van der Waals surface area contributed by atoms with Gasteiger partial charge in [-0.1, -0.05) is 42.5 Å². The Balaban J connectivity index is 1.94. The molecule has 1 N–H and O–H groups in total. The lowest BCUT2D eigenvalue weighted by molar-refractivity contribution is 0.0744. The molecule has 0 saturated heterocycles. The molecule has 0 bridgehead atoms. The largest absolute Gasteiger partial charge is 0.377 e. The minimum absolute atomic E-state index is 0.279. The molecule has 0 radical (unpaired) electrons. The zero-order valence-corrected chi connectivity index (χ0v) is 14.6. The molecule has 0 unspecified atom stereocenters. The lowest BCUT2D eigenvalue weighted by Crippen LogP contribution is -2.51. The average molecular weight is 363 g/mol. The zero-order chi connectivity index (χ0) is 18.1. The van der Waals surface area contributed by atoms with Crippen molar-refractivity contribution in [3.05, 3.63) is 78.0 Å². The van der Waals surface area contributed by atoms with Crippen LogP contribution in [0.5, 0.6) is 0 Å². The fourth-order valence-corrected chi connectivity index (χ4v) is 4.48. The van der Waals surface area contributed by atoms with Crippen LogP contribution in [0.15, 0.2) is 66.2 Å². The number of nitrogens with zero attached hydrogens (tertiary/aromatic N) is 2. The topological polar surface area (TPSA) is 54.6 Å². The fraction of sp³-hybridized carbons (Fsp3) is 0.143. The Kier molecular flexibility index (Phi) is 3.09.